The summed E-state index contributed by atoms with van der Waals surface area (Å²) in [5.41, 5.74) is 1.58. The lowest BCUT2D eigenvalue weighted by Gasteiger charge is -2.30. The summed E-state index contributed by atoms with van der Waals surface area (Å²) in [6, 6.07) is 13.7. The molecule has 2 aromatic rings. The minimum atomic E-state index is -2.86. The number of ether oxygens (including phenoxy) is 2. The molecule has 1 amide bonds. The molecule has 0 bridgehead atoms. The standard InChI is InChI=1S/C21H23F2NO3/c1-14(16-5-6-16)24(17-7-11-18(26-2)12-8-17)20(25)13-15-3-9-19(10-4-15)27-21(22)23/h3-4,7-12,14,16,21H,5-6,13H2,1-2H3. The van der Waals surface area contributed by atoms with Gasteiger partial charge in [-0.2, -0.15) is 8.78 Å². The van der Waals surface area contributed by atoms with E-state index in [4.69, 9.17) is 4.74 Å². The lowest BCUT2D eigenvalue weighted by Crippen LogP contribution is -2.41. The van der Waals surface area contributed by atoms with Gasteiger partial charge in [0.15, 0.2) is 0 Å². The SMILES string of the molecule is COc1ccc(N(C(=O)Cc2ccc(OC(F)F)cc2)C(C)C2CC2)cc1. The van der Waals surface area contributed by atoms with Crippen LogP contribution in [0.1, 0.15) is 25.3 Å². The molecule has 0 radical (unpaired) electrons. The second-order valence-corrected chi connectivity index (χ2v) is 6.74. The Morgan fingerprint density at radius 3 is 2.19 bits per heavy atom. The van der Waals surface area contributed by atoms with Crippen molar-refractivity contribution < 1.29 is 23.0 Å². The molecule has 1 unspecified atom stereocenters. The number of nitrogens with zero attached hydrogens (tertiary/aromatic N) is 1. The van der Waals surface area contributed by atoms with Gasteiger partial charge < -0.3 is 14.4 Å². The third-order valence-corrected chi connectivity index (χ3v) is 4.83. The second-order valence-electron chi connectivity index (χ2n) is 6.74. The maximum Gasteiger partial charge on any atom is 0.387 e. The first-order valence-electron chi connectivity index (χ1n) is 8.98. The molecule has 1 aliphatic rings. The van der Waals surface area contributed by atoms with Crippen molar-refractivity contribution >= 4 is 11.6 Å². The molecular formula is C21H23F2NO3. The summed E-state index contributed by atoms with van der Waals surface area (Å²) in [7, 11) is 1.60. The highest BCUT2D eigenvalue weighted by Gasteiger charge is 2.35. The summed E-state index contributed by atoms with van der Waals surface area (Å²) in [6.45, 7) is -0.790. The van der Waals surface area contributed by atoms with Crippen molar-refractivity contribution in [1.82, 2.24) is 0 Å². The summed E-state index contributed by atoms with van der Waals surface area (Å²) < 4.78 is 34.1. The summed E-state index contributed by atoms with van der Waals surface area (Å²) in [5.74, 6) is 1.30. The Morgan fingerprint density at radius 1 is 1.07 bits per heavy atom. The smallest absolute Gasteiger partial charge is 0.387 e. The molecule has 0 saturated heterocycles. The van der Waals surface area contributed by atoms with E-state index in [1.165, 1.54) is 12.1 Å². The summed E-state index contributed by atoms with van der Waals surface area (Å²) in [6.07, 6.45) is 2.44. The molecule has 1 atom stereocenters. The molecule has 0 spiro atoms. The number of amides is 1. The lowest BCUT2D eigenvalue weighted by atomic mass is 10.1. The molecule has 144 valence electrons. The number of carbonyl (C=O) groups excluding carboxylic acids is 1. The van der Waals surface area contributed by atoms with E-state index in [2.05, 4.69) is 11.7 Å². The first-order valence-corrected chi connectivity index (χ1v) is 8.98. The normalized spacial score (nSPS) is 14.7. The fraction of sp³-hybridized carbons (Fsp3) is 0.381. The molecule has 1 aliphatic carbocycles. The number of rotatable bonds is 8. The van der Waals surface area contributed by atoms with Crippen molar-refractivity contribution in [1.29, 1.82) is 0 Å². The number of benzene rings is 2. The molecule has 0 heterocycles. The Kier molecular flexibility index (Phi) is 5.94. The second kappa shape index (κ2) is 8.37. The Labute approximate surface area is 157 Å². The van der Waals surface area contributed by atoms with Crippen molar-refractivity contribution in [3.8, 4) is 11.5 Å². The highest BCUT2D eigenvalue weighted by Crippen LogP contribution is 2.37. The minimum Gasteiger partial charge on any atom is -0.497 e. The van der Waals surface area contributed by atoms with Crippen LogP contribution in [0.2, 0.25) is 0 Å². The molecule has 1 saturated carbocycles. The summed E-state index contributed by atoms with van der Waals surface area (Å²) in [5, 5.41) is 0. The molecule has 4 nitrogen and oxygen atoms in total. The first kappa shape index (κ1) is 19.1. The van der Waals surface area contributed by atoms with E-state index < -0.39 is 6.61 Å². The van der Waals surface area contributed by atoms with Gasteiger partial charge in [0.25, 0.3) is 0 Å². The number of methoxy groups -OCH3 is 1. The number of alkyl halides is 2. The predicted molar refractivity (Wildman–Crippen MR) is 99.4 cm³/mol. The number of hydrogen-bond donors (Lipinski definition) is 0. The minimum absolute atomic E-state index is 0.0258. The van der Waals surface area contributed by atoms with Crippen molar-refractivity contribution in [2.24, 2.45) is 5.92 Å². The highest BCUT2D eigenvalue weighted by molar-refractivity contribution is 5.95. The first-order chi connectivity index (χ1) is 13.0. The summed E-state index contributed by atoms with van der Waals surface area (Å²) in [4.78, 5) is 14.9. The van der Waals surface area contributed by atoms with E-state index in [9.17, 15) is 13.6 Å². The van der Waals surface area contributed by atoms with Crippen LogP contribution in [-0.2, 0) is 11.2 Å². The van der Waals surface area contributed by atoms with Crippen LogP contribution in [0.15, 0.2) is 48.5 Å². The number of anilines is 1. The van der Waals surface area contributed by atoms with E-state index in [-0.39, 0.29) is 24.1 Å². The quantitative estimate of drug-likeness (QED) is 0.673. The van der Waals surface area contributed by atoms with E-state index in [0.717, 1.165) is 29.8 Å². The molecule has 0 aromatic heterocycles. The van der Waals surface area contributed by atoms with Gasteiger partial charge in [0.05, 0.1) is 13.5 Å². The van der Waals surface area contributed by atoms with Gasteiger partial charge in [0.1, 0.15) is 11.5 Å². The molecule has 0 N–H and O–H groups in total. The van der Waals surface area contributed by atoms with E-state index >= 15 is 0 Å². The Bertz CT molecular complexity index is 758. The zero-order chi connectivity index (χ0) is 19.4. The molecule has 27 heavy (non-hydrogen) atoms. The van der Waals surface area contributed by atoms with E-state index in [1.807, 2.05) is 29.2 Å². The van der Waals surface area contributed by atoms with Crippen LogP contribution < -0.4 is 14.4 Å². The zero-order valence-corrected chi connectivity index (χ0v) is 15.4. The maximum atomic E-state index is 13.0. The largest absolute Gasteiger partial charge is 0.497 e. The third kappa shape index (κ3) is 4.96. The number of carbonyl (C=O) groups is 1. The molecular weight excluding hydrogens is 352 g/mol. The Balaban J connectivity index is 1.76. The van der Waals surface area contributed by atoms with Gasteiger partial charge in [-0.15, -0.1) is 0 Å². The van der Waals surface area contributed by atoms with Crippen molar-refractivity contribution in [2.75, 3.05) is 12.0 Å². The van der Waals surface area contributed by atoms with Gasteiger partial charge in [-0.3, -0.25) is 4.79 Å². The van der Waals surface area contributed by atoms with Gasteiger partial charge >= 0.3 is 6.61 Å². The van der Waals surface area contributed by atoms with Crippen molar-refractivity contribution in [2.45, 2.75) is 38.8 Å². The van der Waals surface area contributed by atoms with Crippen LogP contribution in [-0.4, -0.2) is 25.7 Å². The van der Waals surface area contributed by atoms with Crippen molar-refractivity contribution in [3.05, 3.63) is 54.1 Å². The topological polar surface area (TPSA) is 38.8 Å². The van der Waals surface area contributed by atoms with Gasteiger partial charge in [0.2, 0.25) is 5.91 Å². The van der Waals surface area contributed by atoms with Crippen LogP contribution >= 0.6 is 0 Å². The van der Waals surface area contributed by atoms with E-state index in [0.29, 0.717) is 5.92 Å². The predicted octanol–water partition coefficient (Wildman–Crippen LogP) is 4.67. The Hall–Kier alpha value is -2.63. The van der Waals surface area contributed by atoms with Crippen LogP contribution in [0.25, 0.3) is 0 Å². The lowest BCUT2D eigenvalue weighted by molar-refractivity contribution is -0.118. The number of hydrogen-bond acceptors (Lipinski definition) is 3. The van der Waals surface area contributed by atoms with Gasteiger partial charge in [-0.1, -0.05) is 12.1 Å². The van der Waals surface area contributed by atoms with Crippen LogP contribution in [0.3, 0.4) is 0 Å². The molecule has 3 rings (SSSR count). The zero-order valence-electron chi connectivity index (χ0n) is 15.4. The van der Waals surface area contributed by atoms with Gasteiger partial charge in [-0.05, 0) is 67.6 Å². The van der Waals surface area contributed by atoms with Crippen LogP contribution in [0.5, 0.6) is 11.5 Å². The molecule has 6 heteroatoms. The molecule has 1 fully saturated rings. The van der Waals surface area contributed by atoms with E-state index in [1.54, 1.807) is 19.2 Å². The third-order valence-electron chi connectivity index (χ3n) is 4.83. The molecule has 2 aromatic carbocycles. The summed E-state index contributed by atoms with van der Waals surface area (Å²) >= 11 is 0. The van der Waals surface area contributed by atoms with Crippen molar-refractivity contribution in [3.63, 3.8) is 0 Å². The van der Waals surface area contributed by atoms with Gasteiger partial charge in [0, 0.05) is 11.7 Å². The van der Waals surface area contributed by atoms with Crippen LogP contribution in [0, 0.1) is 5.92 Å². The number of halogens is 2. The monoisotopic (exact) mass is 375 g/mol. The Morgan fingerprint density at radius 2 is 1.67 bits per heavy atom. The maximum absolute atomic E-state index is 13.0. The fourth-order valence-electron chi connectivity index (χ4n) is 3.19. The average Bonchev–Trinajstić information content (AvgIpc) is 3.49. The van der Waals surface area contributed by atoms with Crippen LogP contribution in [0.4, 0.5) is 14.5 Å². The molecule has 0 aliphatic heterocycles. The average molecular weight is 375 g/mol. The highest BCUT2D eigenvalue weighted by atomic mass is 19.3. The van der Waals surface area contributed by atoms with Gasteiger partial charge in [-0.25, -0.2) is 0 Å². The fourth-order valence-corrected chi connectivity index (χ4v) is 3.19.